The molecule has 2 amide bonds. The van der Waals surface area contributed by atoms with Gasteiger partial charge in [-0.25, -0.2) is 0 Å². The molecule has 4 rings (SSSR count). The van der Waals surface area contributed by atoms with Gasteiger partial charge in [0.1, 0.15) is 6.04 Å². The summed E-state index contributed by atoms with van der Waals surface area (Å²) in [7, 11) is 3.89. The number of benzene rings is 2. The van der Waals surface area contributed by atoms with E-state index in [1.54, 1.807) is 36.4 Å². The van der Waals surface area contributed by atoms with Crippen molar-refractivity contribution in [2.45, 2.75) is 44.7 Å². The van der Waals surface area contributed by atoms with Crippen molar-refractivity contribution >= 4 is 29.0 Å². The second kappa shape index (κ2) is 10.6. The number of anilines is 2. The van der Waals surface area contributed by atoms with E-state index < -0.39 is 11.9 Å². The van der Waals surface area contributed by atoms with Gasteiger partial charge in [0.25, 0.3) is 5.91 Å². The minimum absolute atomic E-state index is 0.0738. The average molecular weight is 474 g/mol. The first-order valence-electron chi connectivity index (χ1n) is 11.9. The van der Waals surface area contributed by atoms with Gasteiger partial charge in [0.05, 0.1) is 6.26 Å². The number of nitrogens with one attached hydrogen (secondary N) is 1. The standard InChI is InChI=1S/C28H31N3O4/c1-19(32)20-10-16-24(17-11-20)31(28(34)25-9-6-18-35-25)26(27(33)29-22-7-4-5-8-22)21-12-14-23(15-13-21)30(2)3/h6,9-18,22,26H,4-5,7-8H2,1-3H3,(H,29,33)/t26-/m1/s1. The summed E-state index contributed by atoms with van der Waals surface area (Å²) in [6.45, 7) is 1.49. The molecule has 0 unspecified atom stereocenters. The van der Waals surface area contributed by atoms with Crippen LogP contribution >= 0.6 is 0 Å². The van der Waals surface area contributed by atoms with Gasteiger partial charge in [-0.2, -0.15) is 0 Å². The third-order valence-electron chi connectivity index (χ3n) is 6.44. The quantitative estimate of drug-likeness (QED) is 0.466. The molecule has 7 nitrogen and oxygen atoms in total. The van der Waals surface area contributed by atoms with Crippen LogP contribution in [0.5, 0.6) is 0 Å². The van der Waals surface area contributed by atoms with Gasteiger partial charge in [0.15, 0.2) is 11.5 Å². The van der Waals surface area contributed by atoms with Crippen molar-refractivity contribution in [2.75, 3.05) is 23.9 Å². The molecular formula is C28H31N3O4. The summed E-state index contributed by atoms with van der Waals surface area (Å²) < 4.78 is 5.43. The third-order valence-corrected chi connectivity index (χ3v) is 6.44. The van der Waals surface area contributed by atoms with E-state index in [4.69, 9.17) is 4.42 Å². The van der Waals surface area contributed by atoms with Gasteiger partial charge in [0.2, 0.25) is 5.91 Å². The van der Waals surface area contributed by atoms with Crippen LogP contribution in [0.3, 0.4) is 0 Å². The van der Waals surface area contributed by atoms with Crippen LogP contribution in [0.25, 0.3) is 0 Å². The maximum atomic E-state index is 13.8. The lowest BCUT2D eigenvalue weighted by molar-refractivity contribution is -0.123. The zero-order valence-corrected chi connectivity index (χ0v) is 20.4. The predicted octanol–water partition coefficient (Wildman–Crippen LogP) is 5.00. The van der Waals surface area contributed by atoms with Crippen molar-refractivity contribution in [3.8, 4) is 0 Å². The fraction of sp³-hybridized carbons (Fsp3) is 0.321. The molecule has 182 valence electrons. The topological polar surface area (TPSA) is 82.9 Å². The van der Waals surface area contributed by atoms with Crippen LogP contribution in [-0.2, 0) is 4.79 Å². The molecule has 1 atom stereocenters. The minimum atomic E-state index is -0.924. The summed E-state index contributed by atoms with van der Waals surface area (Å²) in [5.41, 5.74) is 2.70. The molecule has 3 aromatic rings. The highest BCUT2D eigenvalue weighted by atomic mass is 16.3. The largest absolute Gasteiger partial charge is 0.459 e. The van der Waals surface area contributed by atoms with Gasteiger partial charge in [-0.15, -0.1) is 0 Å². The van der Waals surface area contributed by atoms with E-state index in [9.17, 15) is 14.4 Å². The van der Waals surface area contributed by atoms with Gasteiger partial charge >= 0.3 is 0 Å². The van der Waals surface area contributed by atoms with E-state index in [1.165, 1.54) is 18.1 Å². The average Bonchev–Trinajstić information content (AvgIpc) is 3.57. The maximum Gasteiger partial charge on any atom is 0.294 e. The SMILES string of the molecule is CC(=O)c1ccc(N(C(=O)c2ccco2)[C@@H](C(=O)NC2CCCC2)c2ccc(N(C)C)cc2)cc1. The molecule has 1 aliphatic rings. The molecular weight excluding hydrogens is 442 g/mol. The molecule has 35 heavy (non-hydrogen) atoms. The zero-order valence-electron chi connectivity index (χ0n) is 20.4. The van der Waals surface area contributed by atoms with Crippen molar-refractivity contribution < 1.29 is 18.8 Å². The Bertz CT molecular complexity index is 1160. The van der Waals surface area contributed by atoms with Crippen LogP contribution in [0.2, 0.25) is 0 Å². The molecule has 2 aromatic carbocycles. The lowest BCUT2D eigenvalue weighted by Crippen LogP contribution is -2.46. The number of furan rings is 1. The van der Waals surface area contributed by atoms with E-state index in [2.05, 4.69) is 5.32 Å². The second-order valence-corrected chi connectivity index (χ2v) is 9.13. The Labute approximate surface area is 205 Å². The van der Waals surface area contributed by atoms with E-state index in [1.807, 2.05) is 43.3 Å². The molecule has 0 radical (unpaired) electrons. The highest BCUT2D eigenvalue weighted by Gasteiger charge is 2.35. The van der Waals surface area contributed by atoms with Crippen LogP contribution in [0.1, 0.15) is 65.1 Å². The number of carbonyl (C=O) groups excluding carboxylic acids is 3. The normalized spacial score (nSPS) is 14.4. The van der Waals surface area contributed by atoms with Gasteiger partial charge in [-0.1, -0.05) is 25.0 Å². The van der Waals surface area contributed by atoms with Gasteiger partial charge < -0.3 is 14.6 Å². The Morgan fingerprint density at radius 3 is 2.09 bits per heavy atom. The van der Waals surface area contributed by atoms with Gasteiger partial charge in [-0.3, -0.25) is 19.3 Å². The molecule has 1 fully saturated rings. The zero-order chi connectivity index (χ0) is 24.9. The van der Waals surface area contributed by atoms with Crippen LogP contribution in [0.15, 0.2) is 71.3 Å². The van der Waals surface area contributed by atoms with Crippen molar-refractivity contribution in [2.24, 2.45) is 0 Å². The molecule has 0 aliphatic heterocycles. The lowest BCUT2D eigenvalue weighted by Gasteiger charge is -2.32. The first kappa shape index (κ1) is 24.3. The van der Waals surface area contributed by atoms with Crippen molar-refractivity contribution in [1.82, 2.24) is 5.32 Å². The highest BCUT2D eigenvalue weighted by Crippen LogP contribution is 2.32. The number of hydrogen-bond donors (Lipinski definition) is 1. The third kappa shape index (κ3) is 5.45. The second-order valence-electron chi connectivity index (χ2n) is 9.13. The summed E-state index contributed by atoms with van der Waals surface area (Å²) >= 11 is 0. The molecule has 7 heteroatoms. The molecule has 1 aliphatic carbocycles. The van der Waals surface area contributed by atoms with Crippen molar-refractivity contribution in [3.05, 3.63) is 83.8 Å². The Balaban J connectivity index is 1.80. The van der Waals surface area contributed by atoms with Gasteiger partial charge in [0, 0.05) is 37.1 Å². The number of Topliss-reactive ketones (excluding diaryl/α,β-unsaturated/α-hetero) is 1. The van der Waals surface area contributed by atoms with E-state index in [0.29, 0.717) is 16.8 Å². The Morgan fingerprint density at radius 2 is 1.54 bits per heavy atom. The molecule has 0 spiro atoms. The number of amides is 2. The predicted molar refractivity (Wildman–Crippen MR) is 136 cm³/mol. The summed E-state index contributed by atoms with van der Waals surface area (Å²) in [6, 6.07) is 16.7. The van der Waals surface area contributed by atoms with Crippen LogP contribution in [0, 0.1) is 0 Å². The molecule has 0 bridgehead atoms. The first-order chi connectivity index (χ1) is 16.8. The molecule has 0 saturated heterocycles. The first-order valence-corrected chi connectivity index (χ1v) is 11.9. The van der Waals surface area contributed by atoms with Crippen LogP contribution < -0.4 is 15.1 Å². The van der Waals surface area contributed by atoms with Crippen LogP contribution in [-0.4, -0.2) is 37.7 Å². The number of nitrogens with zero attached hydrogens (tertiary/aromatic N) is 2. The Hall–Kier alpha value is -3.87. The van der Waals surface area contributed by atoms with E-state index in [0.717, 1.165) is 31.4 Å². The summed E-state index contributed by atoms with van der Waals surface area (Å²) in [4.78, 5) is 42.8. The van der Waals surface area contributed by atoms with Crippen LogP contribution in [0.4, 0.5) is 11.4 Å². The summed E-state index contributed by atoms with van der Waals surface area (Å²) in [6.07, 6.45) is 5.45. The number of ketones is 1. The van der Waals surface area contributed by atoms with Gasteiger partial charge in [-0.05, 0) is 73.9 Å². The maximum absolute atomic E-state index is 13.8. The highest BCUT2D eigenvalue weighted by molar-refractivity contribution is 6.09. The van der Waals surface area contributed by atoms with Crippen molar-refractivity contribution in [3.63, 3.8) is 0 Å². The monoisotopic (exact) mass is 473 g/mol. The number of hydrogen-bond acceptors (Lipinski definition) is 5. The fourth-order valence-electron chi connectivity index (χ4n) is 4.48. The molecule has 1 aromatic heterocycles. The fourth-order valence-corrected chi connectivity index (χ4v) is 4.48. The Morgan fingerprint density at radius 1 is 0.914 bits per heavy atom. The Kier molecular flexibility index (Phi) is 7.34. The minimum Gasteiger partial charge on any atom is -0.459 e. The molecule has 1 saturated carbocycles. The number of rotatable bonds is 8. The molecule has 1 N–H and O–H groups in total. The number of carbonyl (C=O) groups is 3. The van der Waals surface area contributed by atoms with E-state index in [-0.39, 0.29) is 23.5 Å². The smallest absolute Gasteiger partial charge is 0.294 e. The lowest BCUT2D eigenvalue weighted by atomic mass is 10.0. The molecule has 1 heterocycles. The van der Waals surface area contributed by atoms with E-state index >= 15 is 0 Å². The van der Waals surface area contributed by atoms with Crippen molar-refractivity contribution in [1.29, 1.82) is 0 Å². The summed E-state index contributed by atoms with van der Waals surface area (Å²) in [5.74, 6) is -0.627. The summed E-state index contributed by atoms with van der Waals surface area (Å²) in [5, 5.41) is 3.17.